The van der Waals surface area contributed by atoms with Crippen LogP contribution >= 0.6 is 34.8 Å². The van der Waals surface area contributed by atoms with Crippen molar-refractivity contribution in [2.24, 2.45) is 11.0 Å². The van der Waals surface area contributed by atoms with E-state index in [1.165, 1.54) is 6.42 Å². The summed E-state index contributed by atoms with van der Waals surface area (Å²) in [5.74, 6) is -0.0823. The molecule has 7 heteroatoms. The molecule has 2 aromatic rings. The van der Waals surface area contributed by atoms with Crippen LogP contribution in [0.3, 0.4) is 0 Å². The van der Waals surface area contributed by atoms with E-state index in [2.05, 4.69) is 0 Å². The van der Waals surface area contributed by atoms with E-state index < -0.39 is 0 Å². The number of hydrazone groups is 1. The molecule has 0 bridgehead atoms. The Kier molecular flexibility index (Phi) is 6.05. The molecule has 4 nitrogen and oxygen atoms in total. The van der Waals surface area contributed by atoms with Gasteiger partial charge in [0.25, 0.3) is 5.91 Å². The predicted octanol–water partition coefficient (Wildman–Crippen LogP) is 6.21. The fraction of sp³-hybridized carbons (Fsp3) is 0.364. The van der Waals surface area contributed by atoms with Crippen LogP contribution in [0.5, 0.6) is 0 Å². The van der Waals surface area contributed by atoms with Gasteiger partial charge in [-0.3, -0.25) is 9.80 Å². The monoisotopic (exact) mass is 449 g/mol. The van der Waals surface area contributed by atoms with Crippen LogP contribution in [0.1, 0.15) is 37.8 Å². The van der Waals surface area contributed by atoms with E-state index in [4.69, 9.17) is 39.9 Å². The highest BCUT2D eigenvalue weighted by molar-refractivity contribution is 6.41. The van der Waals surface area contributed by atoms with Crippen molar-refractivity contribution in [2.45, 2.75) is 32.2 Å². The maximum Gasteiger partial charge on any atom is 0.270 e. The maximum absolute atomic E-state index is 13.3. The van der Waals surface area contributed by atoms with E-state index in [1.807, 2.05) is 47.2 Å². The molecule has 2 heterocycles. The molecule has 2 aromatic carbocycles. The highest BCUT2D eigenvalue weighted by atomic mass is 35.5. The molecule has 2 aliphatic heterocycles. The van der Waals surface area contributed by atoms with Gasteiger partial charge in [-0.05, 0) is 55.2 Å². The van der Waals surface area contributed by atoms with Crippen LogP contribution in [-0.4, -0.2) is 29.6 Å². The normalized spacial score (nSPS) is 22.0. The Morgan fingerprint density at radius 3 is 2.28 bits per heavy atom. The number of carbonyl (C=O) groups excluding carboxylic acids is 1. The Morgan fingerprint density at radius 2 is 1.62 bits per heavy atom. The summed E-state index contributed by atoms with van der Waals surface area (Å²) in [6.45, 7) is 3.62. The second kappa shape index (κ2) is 8.55. The third kappa shape index (κ3) is 4.11. The van der Waals surface area contributed by atoms with Gasteiger partial charge in [0.05, 0.1) is 16.8 Å². The van der Waals surface area contributed by atoms with Gasteiger partial charge in [-0.2, -0.15) is 5.10 Å². The lowest BCUT2D eigenvalue weighted by Crippen LogP contribution is -2.41. The molecule has 0 saturated carbocycles. The minimum atomic E-state index is -0.158. The average Bonchev–Trinajstić information content (AvgIpc) is 3.05. The molecule has 0 unspecified atom stereocenters. The van der Waals surface area contributed by atoms with Crippen molar-refractivity contribution in [3.05, 3.63) is 63.1 Å². The number of anilines is 1. The van der Waals surface area contributed by atoms with Crippen molar-refractivity contribution >= 4 is 52.1 Å². The zero-order valence-corrected chi connectivity index (χ0v) is 18.4. The quantitative estimate of drug-likeness (QED) is 0.557. The van der Waals surface area contributed by atoms with Crippen LogP contribution in [0, 0.1) is 5.92 Å². The topological polar surface area (TPSA) is 35.9 Å². The van der Waals surface area contributed by atoms with Crippen LogP contribution in [-0.2, 0) is 4.79 Å². The van der Waals surface area contributed by atoms with Gasteiger partial charge in [0, 0.05) is 29.1 Å². The third-order valence-corrected chi connectivity index (χ3v) is 6.40. The smallest absolute Gasteiger partial charge is 0.270 e. The zero-order valence-electron chi connectivity index (χ0n) is 16.1. The molecule has 0 aliphatic carbocycles. The van der Waals surface area contributed by atoms with Crippen LogP contribution in [0.2, 0.25) is 15.1 Å². The van der Waals surface area contributed by atoms with E-state index in [0.717, 1.165) is 37.2 Å². The highest BCUT2D eigenvalue weighted by Gasteiger charge is 2.41. The molecular formula is C22H22Cl3N3O. The fourth-order valence-electron chi connectivity index (χ4n) is 4.09. The van der Waals surface area contributed by atoms with Crippen molar-refractivity contribution in [3.63, 3.8) is 0 Å². The summed E-state index contributed by atoms with van der Waals surface area (Å²) in [7, 11) is 0. The number of amides is 1. The lowest BCUT2D eigenvalue weighted by Gasteiger charge is -2.29. The summed E-state index contributed by atoms with van der Waals surface area (Å²) in [4.78, 5) is 15.2. The largest absolute Gasteiger partial charge is 0.338 e. The van der Waals surface area contributed by atoms with Crippen molar-refractivity contribution in [2.75, 3.05) is 18.1 Å². The summed E-state index contributed by atoms with van der Waals surface area (Å²) in [5.41, 5.74) is 2.32. The first kappa shape index (κ1) is 20.5. The van der Waals surface area contributed by atoms with Crippen molar-refractivity contribution in [3.8, 4) is 0 Å². The first-order valence-corrected chi connectivity index (χ1v) is 11.0. The van der Waals surface area contributed by atoms with Gasteiger partial charge in [-0.1, -0.05) is 53.9 Å². The SMILES string of the molecule is C[C@@H]1C(C(=O)N2CCCCC2)=NN(c2ccc(Cl)cc2Cl)[C@H]1c1ccc(Cl)cc1. The summed E-state index contributed by atoms with van der Waals surface area (Å²) < 4.78 is 0. The molecule has 4 rings (SSSR count). The number of likely N-dealkylation sites (tertiary alicyclic amines) is 1. The first-order valence-electron chi connectivity index (χ1n) is 9.83. The Bertz CT molecular complexity index is 939. The first-order chi connectivity index (χ1) is 14.0. The molecule has 1 fully saturated rings. The minimum Gasteiger partial charge on any atom is -0.338 e. The second-order valence-electron chi connectivity index (χ2n) is 7.56. The fourth-order valence-corrected chi connectivity index (χ4v) is 4.71. The van der Waals surface area contributed by atoms with Gasteiger partial charge in [0.15, 0.2) is 0 Å². The Labute approximate surface area is 186 Å². The molecule has 0 N–H and O–H groups in total. The molecular weight excluding hydrogens is 429 g/mol. The van der Waals surface area contributed by atoms with Gasteiger partial charge < -0.3 is 4.90 Å². The molecule has 0 aromatic heterocycles. The molecule has 0 spiro atoms. The lowest BCUT2D eigenvalue weighted by molar-refractivity contribution is -0.125. The van der Waals surface area contributed by atoms with Crippen LogP contribution in [0.25, 0.3) is 0 Å². The Morgan fingerprint density at radius 1 is 0.966 bits per heavy atom. The Hall–Kier alpha value is -1.75. The van der Waals surface area contributed by atoms with E-state index in [9.17, 15) is 4.79 Å². The minimum absolute atomic E-state index is 0.0174. The van der Waals surface area contributed by atoms with Gasteiger partial charge in [0.1, 0.15) is 5.71 Å². The number of carbonyl (C=O) groups is 1. The molecule has 1 amide bonds. The molecule has 1 saturated heterocycles. The zero-order chi connectivity index (χ0) is 20.5. The Balaban J connectivity index is 1.75. The number of benzene rings is 2. The highest BCUT2D eigenvalue weighted by Crippen LogP contribution is 2.42. The average molecular weight is 451 g/mol. The van der Waals surface area contributed by atoms with E-state index in [-0.39, 0.29) is 17.9 Å². The van der Waals surface area contributed by atoms with Gasteiger partial charge >= 0.3 is 0 Å². The molecule has 0 radical (unpaired) electrons. The van der Waals surface area contributed by atoms with Gasteiger partial charge in [0.2, 0.25) is 0 Å². The predicted molar refractivity (Wildman–Crippen MR) is 120 cm³/mol. The number of hydrogen-bond donors (Lipinski definition) is 0. The summed E-state index contributed by atoms with van der Waals surface area (Å²) in [6.07, 6.45) is 3.26. The molecule has 29 heavy (non-hydrogen) atoms. The summed E-state index contributed by atoms with van der Waals surface area (Å²) >= 11 is 18.7. The third-order valence-electron chi connectivity index (χ3n) is 5.61. The molecule has 2 aliphatic rings. The number of piperidine rings is 1. The van der Waals surface area contributed by atoms with E-state index in [0.29, 0.717) is 20.8 Å². The number of halogens is 3. The van der Waals surface area contributed by atoms with Gasteiger partial charge in [-0.25, -0.2) is 0 Å². The van der Waals surface area contributed by atoms with Crippen LogP contribution in [0.15, 0.2) is 47.6 Å². The standard InChI is InChI=1S/C22H22Cl3N3O/c1-14-20(22(29)27-11-3-2-4-12-27)26-28(19-10-9-17(24)13-18(19)25)21(14)15-5-7-16(23)8-6-15/h5-10,13-14,21H,2-4,11-12H2,1H3/t14-,21-/m1/s1. The van der Waals surface area contributed by atoms with Gasteiger partial charge in [-0.15, -0.1) is 0 Å². The van der Waals surface area contributed by atoms with E-state index in [1.54, 1.807) is 12.1 Å². The maximum atomic E-state index is 13.3. The van der Waals surface area contributed by atoms with Crippen molar-refractivity contribution < 1.29 is 4.79 Å². The van der Waals surface area contributed by atoms with Crippen LogP contribution < -0.4 is 5.01 Å². The molecule has 2 atom stereocenters. The molecule has 152 valence electrons. The summed E-state index contributed by atoms with van der Waals surface area (Å²) in [5, 5.41) is 8.36. The van der Waals surface area contributed by atoms with Crippen LogP contribution in [0.4, 0.5) is 5.69 Å². The number of nitrogens with zero attached hydrogens (tertiary/aromatic N) is 3. The second-order valence-corrected chi connectivity index (χ2v) is 8.84. The van der Waals surface area contributed by atoms with Crippen molar-refractivity contribution in [1.82, 2.24) is 4.90 Å². The summed E-state index contributed by atoms with van der Waals surface area (Å²) in [6, 6.07) is 12.8. The lowest BCUT2D eigenvalue weighted by atomic mass is 9.90. The number of rotatable bonds is 3. The van der Waals surface area contributed by atoms with Crippen molar-refractivity contribution in [1.29, 1.82) is 0 Å². The number of hydrogen-bond acceptors (Lipinski definition) is 3. The van der Waals surface area contributed by atoms with E-state index >= 15 is 0 Å².